The number of rotatable bonds is 10. The predicted octanol–water partition coefficient (Wildman–Crippen LogP) is 5.48. The Kier molecular flexibility index (Phi) is 8.59. The minimum absolute atomic E-state index is 0.140. The molecule has 0 spiro atoms. The minimum atomic E-state index is -0.140. The maximum absolute atomic E-state index is 12.9. The van der Waals surface area contributed by atoms with E-state index in [0.717, 1.165) is 26.9 Å². The minimum Gasteiger partial charge on any atom is -0.490 e. The van der Waals surface area contributed by atoms with E-state index in [1.807, 2.05) is 68.4 Å². The molecule has 3 aromatic rings. The van der Waals surface area contributed by atoms with E-state index in [1.54, 1.807) is 12.1 Å². The molecular formula is C26H26N2O3S. The standard InChI is InChI=1S/C26H26N2O3S/c1-3-30-22-14-13-19(17-23(22)31-4-2)15-16-28-26(29)21-10-6-8-12-25(21)32-24-11-7-5-9-20(24)18-27/h5-14,17H,3-4,15-16H2,1-2H3,(H,28,29). The van der Waals surface area contributed by atoms with E-state index in [9.17, 15) is 10.1 Å². The molecule has 164 valence electrons. The van der Waals surface area contributed by atoms with Gasteiger partial charge in [0.15, 0.2) is 11.5 Å². The maximum atomic E-state index is 12.9. The topological polar surface area (TPSA) is 71.3 Å². The van der Waals surface area contributed by atoms with Crippen LogP contribution in [0.4, 0.5) is 0 Å². The highest BCUT2D eigenvalue weighted by atomic mass is 32.2. The lowest BCUT2D eigenvalue weighted by molar-refractivity contribution is 0.0951. The number of hydrogen-bond donors (Lipinski definition) is 1. The number of nitrogens with one attached hydrogen (secondary N) is 1. The van der Waals surface area contributed by atoms with E-state index in [0.29, 0.717) is 37.3 Å². The third-order valence-electron chi connectivity index (χ3n) is 4.67. The fourth-order valence-electron chi connectivity index (χ4n) is 3.18. The van der Waals surface area contributed by atoms with Crippen LogP contribution < -0.4 is 14.8 Å². The quantitative estimate of drug-likeness (QED) is 0.447. The summed E-state index contributed by atoms with van der Waals surface area (Å²) in [6, 6.07) is 22.9. The van der Waals surface area contributed by atoms with Gasteiger partial charge in [-0.15, -0.1) is 0 Å². The van der Waals surface area contributed by atoms with Crippen molar-refractivity contribution in [3.8, 4) is 17.6 Å². The number of nitriles is 1. The molecular weight excluding hydrogens is 420 g/mol. The number of ether oxygens (including phenoxy) is 2. The number of hydrogen-bond acceptors (Lipinski definition) is 5. The normalized spacial score (nSPS) is 10.3. The van der Waals surface area contributed by atoms with Gasteiger partial charge >= 0.3 is 0 Å². The molecule has 1 N–H and O–H groups in total. The number of carbonyl (C=O) groups is 1. The molecule has 0 radical (unpaired) electrons. The second-order valence-electron chi connectivity index (χ2n) is 6.86. The highest BCUT2D eigenvalue weighted by Gasteiger charge is 2.13. The molecule has 6 heteroatoms. The summed E-state index contributed by atoms with van der Waals surface area (Å²) in [6.07, 6.45) is 0.671. The summed E-state index contributed by atoms with van der Waals surface area (Å²) < 4.78 is 11.3. The predicted molar refractivity (Wildman–Crippen MR) is 127 cm³/mol. The maximum Gasteiger partial charge on any atom is 0.252 e. The molecule has 0 aliphatic heterocycles. The van der Waals surface area contributed by atoms with Crippen molar-refractivity contribution in [1.82, 2.24) is 5.32 Å². The zero-order valence-electron chi connectivity index (χ0n) is 18.3. The molecule has 0 unspecified atom stereocenters. The van der Waals surface area contributed by atoms with Gasteiger partial charge in [0.25, 0.3) is 5.91 Å². The Hall–Kier alpha value is -3.43. The third-order valence-corrected chi connectivity index (χ3v) is 5.82. The van der Waals surface area contributed by atoms with Crippen LogP contribution in [0.25, 0.3) is 0 Å². The van der Waals surface area contributed by atoms with Crippen LogP contribution >= 0.6 is 11.8 Å². The molecule has 0 saturated heterocycles. The van der Waals surface area contributed by atoms with E-state index in [-0.39, 0.29) is 5.91 Å². The smallest absolute Gasteiger partial charge is 0.252 e. The van der Waals surface area contributed by atoms with Crippen LogP contribution in [0.15, 0.2) is 76.5 Å². The fraction of sp³-hybridized carbons (Fsp3) is 0.231. The Bertz CT molecular complexity index is 1110. The Balaban J connectivity index is 1.66. The lowest BCUT2D eigenvalue weighted by Crippen LogP contribution is -2.26. The fourth-order valence-corrected chi connectivity index (χ4v) is 4.20. The molecule has 0 saturated carbocycles. The highest BCUT2D eigenvalue weighted by Crippen LogP contribution is 2.32. The molecule has 32 heavy (non-hydrogen) atoms. The summed E-state index contributed by atoms with van der Waals surface area (Å²) in [5.74, 6) is 1.31. The van der Waals surface area contributed by atoms with E-state index in [2.05, 4.69) is 11.4 Å². The van der Waals surface area contributed by atoms with Crippen LogP contribution in [0, 0.1) is 11.3 Å². The molecule has 0 bridgehead atoms. The van der Waals surface area contributed by atoms with Crippen LogP contribution in [0.1, 0.15) is 35.3 Å². The average Bonchev–Trinajstić information content (AvgIpc) is 2.81. The van der Waals surface area contributed by atoms with Crippen LogP contribution in [0.2, 0.25) is 0 Å². The lowest BCUT2D eigenvalue weighted by atomic mass is 10.1. The van der Waals surface area contributed by atoms with Crippen LogP contribution in [-0.4, -0.2) is 25.7 Å². The molecule has 3 rings (SSSR count). The third kappa shape index (κ3) is 6.05. The first kappa shape index (κ1) is 23.2. The number of benzene rings is 3. The summed E-state index contributed by atoms with van der Waals surface area (Å²) in [6.45, 7) is 5.50. The molecule has 0 aliphatic carbocycles. The number of amides is 1. The Morgan fingerprint density at radius 2 is 1.62 bits per heavy atom. The first-order valence-corrected chi connectivity index (χ1v) is 11.4. The van der Waals surface area contributed by atoms with Gasteiger partial charge in [-0.1, -0.05) is 42.1 Å². The zero-order chi connectivity index (χ0) is 22.8. The molecule has 0 atom stereocenters. The average molecular weight is 447 g/mol. The van der Waals surface area contributed by atoms with Gasteiger partial charge in [-0.05, 0) is 62.2 Å². The van der Waals surface area contributed by atoms with Gasteiger partial charge in [-0.25, -0.2) is 0 Å². The van der Waals surface area contributed by atoms with Gasteiger partial charge in [0.2, 0.25) is 0 Å². The van der Waals surface area contributed by atoms with Crippen molar-refractivity contribution in [1.29, 1.82) is 5.26 Å². The summed E-state index contributed by atoms with van der Waals surface area (Å²) in [5, 5.41) is 12.3. The number of nitrogens with zero attached hydrogens (tertiary/aromatic N) is 1. The zero-order valence-corrected chi connectivity index (χ0v) is 19.1. The molecule has 0 heterocycles. The summed E-state index contributed by atoms with van der Waals surface area (Å²) in [4.78, 5) is 14.5. The van der Waals surface area contributed by atoms with Gasteiger partial charge in [0.05, 0.1) is 24.3 Å². The molecule has 0 aliphatic rings. The van der Waals surface area contributed by atoms with Gasteiger partial charge in [-0.3, -0.25) is 4.79 Å². The second-order valence-corrected chi connectivity index (χ2v) is 7.94. The van der Waals surface area contributed by atoms with Crippen molar-refractivity contribution >= 4 is 17.7 Å². The summed E-state index contributed by atoms with van der Waals surface area (Å²) in [7, 11) is 0. The molecule has 5 nitrogen and oxygen atoms in total. The van der Waals surface area contributed by atoms with E-state index in [1.165, 1.54) is 11.8 Å². The Labute approximate surface area is 193 Å². The van der Waals surface area contributed by atoms with Gasteiger partial charge in [0.1, 0.15) is 6.07 Å². The molecule has 0 fully saturated rings. The summed E-state index contributed by atoms with van der Waals surface area (Å²) in [5.41, 5.74) is 2.24. The largest absolute Gasteiger partial charge is 0.490 e. The van der Waals surface area contributed by atoms with Gasteiger partial charge in [0, 0.05) is 16.3 Å². The Morgan fingerprint density at radius 1 is 0.938 bits per heavy atom. The van der Waals surface area contributed by atoms with Crippen molar-refractivity contribution in [3.05, 3.63) is 83.4 Å². The van der Waals surface area contributed by atoms with Crippen LogP contribution in [0.3, 0.4) is 0 Å². The van der Waals surface area contributed by atoms with Crippen molar-refractivity contribution in [2.45, 2.75) is 30.1 Å². The van der Waals surface area contributed by atoms with Crippen LogP contribution in [0.5, 0.6) is 11.5 Å². The van der Waals surface area contributed by atoms with Crippen molar-refractivity contribution in [2.24, 2.45) is 0 Å². The SMILES string of the molecule is CCOc1ccc(CCNC(=O)c2ccccc2Sc2ccccc2C#N)cc1OCC. The van der Waals surface area contributed by atoms with Crippen molar-refractivity contribution < 1.29 is 14.3 Å². The van der Waals surface area contributed by atoms with E-state index < -0.39 is 0 Å². The first-order chi connectivity index (χ1) is 15.7. The van der Waals surface area contributed by atoms with Gasteiger partial charge < -0.3 is 14.8 Å². The molecule has 3 aromatic carbocycles. The molecule has 1 amide bonds. The van der Waals surface area contributed by atoms with Crippen molar-refractivity contribution in [3.63, 3.8) is 0 Å². The van der Waals surface area contributed by atoms with Crippen LogP contribution in [-0.2, 0) is 6.42 Å². The monoisotopic (exact) mass is 446 g/mol. The van der Waals surface area contributed by atoms with E-state index >= 15 is 0 Å². The highest BCUT2D eigenvalue weighted by molar-refractivity contribution is 7.99. The number of carbonyl (C=O) groups excluding carboxylic acids is 1. The Morgan fingerprint density at radius 3 is 2.38 bits per heavy atom. The second kappa shape index (κ2) is 11.8. The molecule has 0 aromatic heterocycles. The van der Waals surface area contributed by atoms with Crippen molar-refractivity contribution in [2.75, 3.05) is 19.8 Å². The lowest BCUT2D eigenvalue weighted by Gasteiger charge is -2.13. The van der Waals surface area contributed by atoms with E-state index in [4.69, 9.17) is 9.47 Å². The van der Waals surface area contributed by atoms with Gasteiger partial charge in [-0.2, -0.15) is 5.26 Å². The summed E-state index contributed by atoms with van der Waals surface area (Å²) >= 11 is 1.42. The first-order valence-electron chi connectivity index (χ1n) is 10.6.